The SMILES string of the molecule is CCC(CC(C)C)C(=O)C(N)=O. The third kappa shape index (κ3) is 3.51. The van der Waals surface area contributed by atoms with E-state index < -0.39 is 11.7 Å². The lowest BCUT2D eigenvalue weighted by molar-refractivity contribution is -0.138. The number of hydrogen-bond acceptors (Lipinski definition) is 2. The molecule has 0 radical (unpaired) electrons. The Kier molecular flexibility index (Phi) is 4.55. The van der Waals surface area contributed by atoms with Gasteiger partial charge in [-0.1, -0.05) is 20.8 Å². The second-order valence-corrected chi connectivity index (χ2v) is 3.46. The summed E-state index contributed by atoms with van der Waals surface area (Å²) in [6.07, 6.45) is 1.44. The molecule has 0 fully saturated rings. The first-order chi connectivity index (χ1) is 5.49. The summed E-state index contributed by atoms with van der Waals surface area (Å²) in [4.78, 5) is 21.7. The minimum absolute atomic E-state index is 0.178. The Morgan fingerprint density at radius 2 is 1.83 bits per heavy atom. The highest BCUT2D eigenvalue weighted by Crippen LogP contribution is 2.15. The molecule has 2 N–H and O–H groups in total. The molecule has 0 aliphatic carbocycles. The largest absolute Gasteiger partial charge is 0.363 e. The smallest absolute Gasteiger partial charge is 0.285 e. The normalized spacial score (nSPS) is 13.0. The molecule has 3 nitrogen and oxygen atoms in total. The summed E-state index contributed by atoms with van der Waals surface area (Å²) in [5, 5.41) is 0. The van der Waals surface area contributed by atoms with E-state index in [0.29, 0.717) is 12.3 Å². The predicted molar refractivity (Wildman–Crippen MR) is 47.4 cm³/mol. The maximum absolute atomic E-state index is 11.1. The Morgan fingerprint density at radius 1 is 1.33 bits per heavy atom. The lowest BCUT2D eigenvalue weighted by Gasteiger charge is -2.13. The van der Waals surface area contributed by atoms with Gasteiger partial charge in [-0.15, -0.1) is 0 Å². The summed E-state index contributed by atoms with van der Waals surface area (Å²) in [5.74, 6) is -0.977. The van der Waals surface area contributed by atoms with Gasteiger partial charge in [0.2, 0.25) is 5.78 Å². The van der Waals surface area contributed by atoms with Crippen molar-refractivity contribution in [1.29, 1.82) is 0 Å². The molecule has 0 spiro atoms. The lowest BCUT2D eigenvalue weighted by atomic mass is 9.91. The van der Waals surface area contributed by atoms with Crippen LogP contribution in [0.3, 0.4) is 0 Å². The lowest BCUT2D eigenvalue weighted by Crippen LogP contribution is -2.30. The second kappa shape index (κ2) is 4.91. The van der Waals surface area contributed by atoms with Gasteiger partial charge in [-0.3, -0.25) is 9.59 Å². The van der Waals surface area contributed by atoms with Crippen LogP contribution in [0.5, 0.6) is 0 Å². The number of amides is 1. The number of Topliss-reactive ketones (excluding diaryl/α,β-unsaturated/α-hetero) is 1. The maximum atomic E-state index is 11.1. The van der Waals surface area contributed by atoms with Gasteiger partial charge in [-0.2, -0.15) is 0 Å². The van der Waals surface area contributed by atoms with Crippen LogP contribution in [0.2, 0.25) is 0 Å². The maximum Gasteiger partial charge on any atom is 0.285 e. The molecule has 12 heavy (non-hydrogen) atoms. The molecule has 0 saturated carbocycles. The van der Waals surface area contributed by atoms with Crippen LogP contribution in [-0.4, -0.2) is 11.7 Å². The van der Waals surface area contributed by atoms with E-state index in [1.165, 1.54) is 0 Å². The van der Waals surface area contributed by atoms with Crippen molar-refractivity contribution in [2.24, 2.45) is 17.6 Å². The van der Waals surface area contributed by atoms with Gasteiger partial charge in [0, 0.05) is 5.92 Å². The monoisotopic (exact) mass is 171 g/mol. The Morgan fingerprint density at radius 3 is 2.08 bits per heavy atom. The van der Waals surface area contributed by atoms with Crippen LogP contribution in [0.1, 0.15) is 33.6 Å². The van der Waals surface area contributed by atoms with Crippen LogP contribution >= 0.6 is 0 Å². The molecule has 0 saturated heterocycles. The average molecular weight is 171 g/mol. The van der Waals surface area contributed by atoms with Gasteiger partial charge >= 0.3 is 0 Å². The third-order valence-corrected chi connectivity index (χ3v) is 1.86. The fourth-order valence-corrected chi connectivity index (χ4v) is 1.23. The van der Waals surface area contributed by atoms with E-state index in [2.05, 4.69) is 0 Å². The summed E-state index contributed by atoms with van der Waals surface area (Å²) in [6, 6.07) is 0. The van der Waals surface area contributed by atoms with Crippen molar-refractivity contribution < 1.29 is 9.59 Å². The molecule has 70 valence electrons. The van der Waals surface area contributed by atoms with Gasteiger partial charge in [-0.25, -0.2) is 0 Å². The molecular weight excluding hydrogens is 154 g/mol. The average Bonchev–Trinajstić information content (AvgIpc) is 1.98. The van der Waals surface area contributed by atoms with Gasteiger partial charge in [-0.05, 0) is 18.8 Å². The molecule has 0 bridgehead atoms. The van der Waals surface area contributed by atoms with E-state index in [0.717, 1.165) is 6.42 Å². The van der Waals surface area contributed by atoms with Gasteiger partial charge in [0.1, 0.15) is 0 Å². The molecule has 0 aromatic heterocycles. The molecule has 0 heterocycles. The molecule has 1 atom stereocenters. The highest BCUT2D eigenvalue weighted by atomic mass is 16.2. The second-order valence-electron chi connectivity index (χ2n) is 3.46. The zero-order valence-electron chi connectivity index (χ0n) is 7.96. The molecule has 0 rings (SSSR count). The van der Waals surface area contributed by atoms with Gasteiger partial charge < -0.3 is 5.73 Å². The van der Waals surface area contributed by atoms with Crippen molar-refractivity contribution >= 4 is 11.7 Å². The number of ketones is 1. The predicted octanol–water partition coefficient (Wildman–Crippen LogP) is 1.11. The van der Waals surface area contributed by atoms with E-state index in [-0.39, 0.29) is 5.92 Å². The molecule has 1 amide bonds. The van der Waals surface area contributed by atoms with Gasteiger partial charge in [0.25, 0.3) is 5.91 Å². The van der Waals surface area contributed by atoms with Crippen molar-refractivity contribution in [2.45, 2.75) is 33.6 Å². The Labute approximate surface area is 73.3 Å². The fraction of sp³-hybridized carbons (Fsp3) is 0.778. The molecule has 0 aromatic carbocycles. The topological polar surface area (TPSA) is 60.2 Å². The number of carbonyl (C=O) groups is 2. The minimum atomic E-state index is -0.803. The summed E-state index contributed by atoms with van der Waals surface area (Å²) in [6.45, 7) is 5.95. The first-order valence-electron chi connectivity index (χ1n) is 4.32. The first-order valence-corrected chi connectivity index (χ1v) is 4.32. The molecular formula is C9H17NO2. The van der Waals surface area contributed by atoms with Crippen LogP contribution in [-0.2, 0) is 9.59 Å². The number of rotatable bonds is 5. The van der Waals surface area contributed by atoms with Crippen molar-refractivity contribution in [1.82, 2.24) is 0 Å². The highest BCUT2D eigenvalue weighted by Gasteiger charge is 2.21. The Hall–Kier alpha value is -0.860. The van der Waals surface area contributed by atoms with Crippen LogP contribution < -0.4 is 5.73 Å². The van der Waals surface area contributed by atoms with Crippen LogP contribution in [0.15, 0.2) is 0 Å². The van der Waals surface area contributed by atoms with E-state index in [1.807, 2.05) is 20.8 Å². The summed E-state index contributed by atoms with van der Waals surface area (Å²) >= 11 is 0. The standard InChI is InChI=1S/C9H17NO2/c1-4-7(5-6(2)3)8(11)9(10)12/h6-7H,4-5H2,1-3H3,(H2,10,12). The number of primary amides is 1. The van der Waals surface area contributed by atoms with Gasteiger partial charge in [0.15, 0.2) is 0 Å². The summed E-state index contributed by atoms with van der Waals surface area (Å²) in [7, 11) is 0. The molecule has 1 unspecified atom stereocenters. The van der Waals surface area contributed by atoms with Crippen molar-refractivity contribution in [3.63, 3.8) is 0 Å². The summed E-state index contributed by atoms with van der Waals surface area (Å²) in [5.41, 5.74) is 4.90. The van der Waals surface area contributed by atoms with E-state index in [4.69, 9.17) is 5.73 Å². The first kappa shape index (κ1) is 11.1. The van der Waals surface area contributed by atoms with E-state index in [1.54, 1.807) is 0 Å². The number of hydrogen-bond donors (Lipinski definition) is 1. The fourth-order valence-electron chi connectivity index (χ4n) is 1.23. The molecule has 0 aromatic rings. The van der Waals surface area contributed by atoms with Crippen molar-refractivity contribution in [2.75, 3.05) is 0 Å². The highest BCUT2D eigenvalue weighted by molar-refractivity contribution is 6.36. The van der Waals surface area contributed by atoms with Crippen LogP contribution in [0.25, 0.3) is 0 Å². The van der Waals surface area contributed by atoms with Crippen molar-refractivity contribution in [3.8, 4) is 0 Å². The molecule has 3 heteroatoms. The molecule has 0 aliphatic heterocycles. The third-order valence-electron chi connectivity index (χ3n) is 1.86. The van der Waals surface area contributed by atoms with Crippen LogP contribution in [0, 0.1) is 11.8 Å². The number of carbonyl (C=O) groups excluding carboxylic acids is 2. The van der Waals surface area contributed by atoms with Gasteiger partial charge in [0.05, 0.1) is 0 Å². The summed E-state index contributed by atoms with van der Waals surface area (Å²) < 4.78 is 0. The van der Waals surface area contributed by atoms with E-state index in [9.17, 15) is 9.59 Å². The Bertz CT molecular complexity index is 175. The minimum Gasteiger partial charge on any atom is -0.363 e. The van der Waals surface area contributed by atoms with Crippen LogP contribution in [0.4, 0.5) is 0 Å². The Balaban J connectivity index is 4.15. The number of nitrogens with two attached hydrogens (primary N) is 1. The van der Waals surface area contributed by atoms with Crippen molar-refractivity contribution in [3.05, 3.63) is 0 Å². The quantitative estimate of drug-likeness (QED) is 0.630. The zero-order valence-corrected chi connectivity index (χ0v) is 7.96. The molecule has 0 aliphatic rings. The van der Waals surface area contributed by atoms with E-state index >= 15 is 0 Å². The zero-order chi connectivity index (χ0) is 9.72.